The number of nitrogens with one attached hydrogen (secondary N) is 1. The predicted octanol–water partition coefficient (Wildman–Crippen LogP) is 2.42. The molecule has 2 aromatic rings. The van der Waals surface area contributed by atoms with Gasteiger partial charge in [-0.15, -0.1) is 0 Å². The van der Waals surface area contributed by atoms with E-state index in [1.54, 1.807) is 31.3 Å². The maximum absolute atomic E-state index is 11.7. The van der Waals surface area contributed by atoms with Gasteiger partial charge >= 0.3 is 5.97 Å². The number of carbonyl (C=O) groups is 2. The zero-order valence-electron chi connectivity index (χ0n) is 11.7. The first kappa shape index (κ1) is 14.6. The molecule has 0 saturated carbocycles. The summed E-state index contributed by atoms with van der Waals surface area (Å²) in [5.74, 6) is -0.749. The Hall–Kier alpha value is -2.82. The summed E-state index contributed by atoms with van der Waals surface area (Å²) in [6.45, 7) is 0. The van der Waals surface area contributed by atoms with Gasteiger partial charge in [-0.3, -0.25) is 4.79 Å². The van der Waals surface area contributed by atoms with Gasteiger partial charge in [0.1, 0.15) is 5.75 Å². The van der Waals surface area contributed by atoms with Crippen molar-refractivity contribution in [2.24, 2.45) is 0 Å². The number of methoxy groups -OCH3 is 1. The highest BCUT2D eigenvalue weighted by molar-refractivity contribution is 5.95. The molecule has 5 nitrogen and oxygen atoms in total. The van der Waals surface area contributed by atoms with Gasteiger partial charge in [0.25, 0.3) is 5.91 Å². The molecule has 0 fully saturated rings. The minimum atomic E-state index is -1.01. The summed E-state index contributed by atoms with van der Waals surface area (Å²) in [4.78, 5) is 22.7. The lowest BCUT2D eigenvalue weighted by Gasteiger charge is -2.10. The monoisotopic (exact) mass is 285 g/mol. The minimum Gasteiger partial charge on any atom is -0.496 e. The maximum atomic E-state index is 11.7. The van der Waals surface area contributed by atoms with Gasteiger partial charge < -0.3 is 15.2 Å². The molecular formula is C16H15NO4. The number of benzene rings is 2. The van der Waals surface area contributed by atoms with E-state index < -0.39 is 5.97 Å². The maximum Gasteiger partial charge on any atom is 0.335 e. The summed E-state index contributed by atoms with van der Waals surface area (Å²) in [5.41, 5.74) is 2.19. The van der Waals surface area contributed by atoms with Gasteiger partial charge in [-0.25, -0.2) is 4.79 Å². The van der Waals surface area contributed by atoms with Crippen LogP contribution in [0.25, 0.3) is 11.1 Å². The van der Waals surface area contributed by atoms with Crippen molar-refractivity contribution >= 4 is 11.9 Å². The van der Waals surface area contributed by atoms with Crippen LogP contribution >= 0.6 is 0 Å². The van der Waals surface area contributed by atoms with Gasteiger partial charge in [0.15, 0.2) is 0 Å². The molecule has 0 atom stereocenters. The number of amides is 1. The summed E-state index contributed by atoms with van der Waals surface area (Å²) in [5, 5.41) is 11.6. The summed E-state index contributed by atoms with van der Waals surface area (Å²) >= 11 is 0. The van der Waals surface area contributed by atoms with E-state index in [1.807, 2.05) is 6.07 Å². The minimum absolute atomic E-state index is 0.151. The van der Waals surface area contributed by atoms with Crippen molar-refractivity contribution in [3.63, 3.8) is 0 Å². The van der Waals surface area contributed by atoms with E-state index in [4.69, 9.17) is 9.84 Å². The number of carbonyl (C=O) groups excluding carboxylic acids is 1. The second-order valence-electron chi connectivity index (χ2n) is 4.38. The molecular weight excluding hydrogens is 270 g/mol. The molecule has 5 heteroatoms. The van der Waals surface area contributed by atoms with Gasteiger partial charge in [-0.1, -0.05) is 12.1 Å². The van der Waals surface area contributed by atoms with E-state index >= 15 is 0 Å². The highest BCUT2D eigenvalue weighted by atomic mass is 16.5. The smallest absolute Gasteiger partial charge is 0.335 e. The third-order valence-electron chi connectivity index (χ3n) is 3.11. The standard InChI is InChI=1S/C16H15NO4/c1-17-15(18)11-5-3-4-10(8-11)13-7-6-12(16(19)20)9-14(13)21-2/h3-9H,1-2H3,(H,17,18)(H,19,20). The van der Waals surface area contributed by atoms with Crippen LogP contribution < -0.4 is 10.1 Å². The lowest BCUT2D eigenvalue weighted by Crippen LogP contribution is -2.17. The predicted molar refractivity (Wildman–Crippen MR) is 78.8 cm³/mol. The number of carboxylic acid groups (broad SMARTS) is 1. The molecule has 0 spiro atoms. The van der Waals surface area contributed by atoms with Crippen molar-refractivity contribution in [1.82, 2.24) is 5.32 Å². The third kappa shape index (κ3) is 3.02. The van der Waals surface area contributed by atoms with Gasteiger partial charge in [0.05, 0.1) is 12.7 Å². The first-order valence-corrected chi connectivity index (χ1v) is 6.30. The zero-order valence-corrected chi connectivity index (χ0v) is 11.7. The number of rotatable bonds is 4. The molecule has 2 N–H and O–H groups in total. The van der Waals surface area contributed by atoms with Gasteiger partial charge in [-0.05, 0) is 35.9 Å². The van der Waals surface area contributed by atoms with Gasteiger partial charge in [0, 0.05) is 18.2 Å². The third-order valence-corrected chi connectivity index (χ3v) is 3.11. The van der Waals surface area contributed by atoms with Crippen LogP contribution in [-0.4, -0.2) is 31.1 Å². The molecule has 2 rings (SSSR count). The molecule has 0 aliphatic carbocycles. The molecule has 0 unspecified atom stereocenters. The molecule has 0 aliphatic rings. The Morgan fingerprint density at radius 3 is 2.48 bits per heavy atom. The van der Waals surface area contributed by atoms with Crippen LogP contribution in [0.3, 0.4) is 0 Å². The first-order valence-electron chi connectivity index (χ1n) is 6.30. The quantitative estimate of drug-likeness (QED) is 0.904. The Balaban J connectivity index is 2.51. The normalized spacial score (nSPS) is 10.0. The van der Waals surface area contributed by atoms with E-state index in [-0.39, 0.29) is 11.5 Å². The van der Waals surface area contributed by atoms with Crippen LogP contribution in [0, 0.1) is 0 Å². The van der Waals surface area contributed by atoms with Crippen LogP contribution in [0.4, 0.5) is 0 Å². The number of carboxylic acids is 1. The van der Waals surface area contributed by atoms with E-state index in [0.29, 0.717) is 11.3 Å². The molecule has 0 heterocycles. The summed E-state index contributed by atoms with van der Waals surface area (Å²) in [6, 6.07) is 11.7. The van der Waals surface area contributed by atoms with Crippen LogP contribution in [0.5, 0.6) is 5.75 Å². The van der Waals surface area contributed by atoms with Crippen LogP contribution in [-0.2, 0) is 0 Å². The Bertz CT molecular complexity index is 694. The fourth-order valence-electron chi connectivity index (χ4n) is 2.04. The second kappa shape index (κ2) is 6.09. The van der Waals surface area contributed by atoms with Crippen molar-refractivity contribution in [2.45, 2.75) is 0 Å². The van der Waals surface area contributed by atoms with Crippen molar-refractivity contribution < 1.29 is 19.4 Å². The van der Waals surface area contributed by atoms with Crippen molar-refractivity contribution in [2.75, 3.05) is 14.2 Å². The summed E-state index contributed by atoms with van der Waals surface area (Å²) < 4.78 is 5.25. The Morgan fingerprint density at radius 1 is 1.10 bits per heavy atom. The second-order valence-corrected chi connectivity index (χ2v) is 4.38. The lowest BCUT2D eigenvalue weighted by molar-refractivity contribution is 0.0696. The molecule has 0 aromatic heterocycles. The van der Waals surface area contributed by atoms with E-state index in [2.05, 4.69) is 5.32 Å². The zero-order chi connectivity index (χ0) is 15.4. The van der Waals surface area contributed by atoms with Crippen LogP contribution in [0.15, 0.2) is 42.5 Å². The molecule has 0 radical (unpaired) electrons. The summed E-state index contributed by atoms with van der Waals surface area (Å²) in [6.07, 6.45) is 0. The fraction of sp³-hybridized carbons (Fsp3) is 0.125. The highest BCUT2D eigenvalue weighted by Gasteiger charge is 2.12. The number of hydrogen-bond donors (Lipinski definition) is 2. The number of hydrogen-bond acceptors (Lipinski definition) is 3. The molecule has 0 bridgehead atoms. The number of aromatic carboxylic acids is 1. The summed E-state index contributed by atoms with van der Waals surface area (Å²) in [7, 11) is 3.05. The lowest BCUT2D eigenvalue weighted by atomic mass is 10.0. The van der Waals surface area contributed by atoms with Crippen molar-refractivity contribution in [3.05, 3.63) is 53.6 Å². The van der Waals surface area contributed by atoms with Crippen LogP contribution in [0.2, 0.25) is 0 Å². The Kier molecular flexibility index (Phi) is 4.23. The molecule has 0 aliphatic heterocycles. The Labute approximate surface area is 122 Å². The molecule has 108 valence electrons. The fourth-order valence-corrected chi connectivity index (χ4v) is 2.04. The number of ether oxygens (including phenoxy) is 1. The van der Waals surface area contributed by atoms with Crippen molar-refractivity contribution in [3.8, 4) is 16.9 Å². The van der Waals surface area contributed by atoms with E-state index in [0.717, 1.165) is 11.1 Å². The topological polar surface area (TPSA) is 75.6 Å². The van der Waals surface area contributed by atoms with Gasteiger partial charge in [0.2, 0.25) is 0 Å². The first-order chi connectivity index (χ1) is 10.1. The molecule has 0 saturated heterocycles. The SMILES string of the molecule is CNC(=O)c1cccc(-c2ccc(C(=O)O)cc2OC)c1. The Morgan fingerprint density at radius 2 is 1.86 bits per heavy atom. The van der Waals surface area contributed by atoms with Crippen molar-refractivity contribution in [1.29, 1.82) is 0 Å². The molecule has 2 aromatic carbocycles. The average molecular weight is 285 g/mol. The van der Waals surface area contributed by atoms with E-state index in [1.165, 1.54) is 19.2 Å². The van der Waals surface area contributed by atoms with Gasteiger partial charge in [-0.2, -0.15) is 0 Å². The molecule has 1 amide bonds. The average Bonchev–Trinajstić information content (AvgIpc) is 2.53. The van der Waals surface area contributed by atoms with Crippen LogP contribution in [0.1, 0.15) is 20.7 Å². The molecule has 21 heavy (non-hydrogen) atoms. The highest BCUT2D eigenvalue weighted by Crippen LogP contribution is 2.31. The van der Waals surface area contributed by atoms with E-state index in [9.17, 15) is 9.59 Å². The largest absolute Gasteiger partial charge is 0.496 e.